The van der Waals surface area contributed by atoms with E-state index in [-0.39, 0.29) is 0 Å². The highest BCUT2D eigenvalue weighted by Gasteiger charge is 2.42. The third kappa shape index (κ3) is 1.47. The molecule has 3 fully saturated rings. The minimum atomic E-state index is 0.755. The number of ether oxygens (including phenoxy) is 1. The number of benzene rings is 1. The molecule has 3 aliphatic heterocycles. The van der Waals surface area contributed by atoms with E-state index in [1.54, 1.807) is 7.11 Å². The molecule has 3 heteroatoms. The van der Waals surface area contributed by atoms with Gasteiger partial charge in [0.1, 0.15) is 5.75 Å². The first-order valence-corrected chi connectivity index (χ1v) is 5.89. The predicted octanol–water partition coefficient (Wildman–Crippen LogP) is 1.59. The largest absolute Gasteiger partial charge is 0.497 e. The molecule has 0 aliphatic carbocycles. The summed E-state index contributed by atoms with van der Waals surface area (Å²) in [7, 11) is 3.96. The molecule has 0 amide bonds. The van der Waals surface area contributed by atoms with E-state index in [1.807, 2.05) is 6.07 Å². The Labute approximate surface area is 96.6 Å². The zero-order valence-corrected chi connectivity index (χ0v) is 9.89. The van der Waals surface area contributed by atoms with E-state index in [9.17, 15) is 0 Å². The van der Waals surface area contributed by atoms with Crippen LogP contribution in [0.1, 0.15) is 6.42 Å². The summed E-state index contributed by atoms with van der Waals surface area (Å²) in [6, 6.07) is 9.88. The van der Waals surface area contributed by atoms with E-state index in [1.165, 1.54) is 12.1 Å². The molecule has 0 aromatic heterocycles. The normalized spacial score (nSPS) is 28.8. The molecule has 1 aromatic carbocycles. The summed E-state index contributed by atoms with van der Waals surface area (Å²) >= 11 is 0. The van der Waals surface area contributed by atoms with Crippen LogP contribution in [0.5, 0.6) is 5.75 Å². The second-order valence-electron chi connectivity index (χ2n) is 4.82. The summed E-state index contributed by atoms with van der Waals surface area (Å²) in [5.41, 5.74) is 1.29. The average Bonchev–Trinajstić information content (AvgIpc) is 2.38. The molecule has 3 heterocycles. The molecule has 0 saturated carbocycles. The van der Waals surface area contributed by atoms with Crippen LogP contribution in [0.3, 0.4) is 0 Å². The van der Waals surface area contributed by atoms with Gasteiger partial charge in [-0.2, -0.15) is 0 Å². The standard InChI is InChI=1S/C13H18N2O/c1-14-11-6-12(14)9-15(8-11)10-4-3-5-13(7-10)16-2/h3-5,7,11-12H,6,8-9H2,1-2H3. The number of rotatable bonds is 2. The SMILES string of the molecule is COc1cccc(N2CC3CC(C2)N3C)c1. The molecule has 3 aliphatic rings. The lowest BCUT2D eigenvalue weighted by Crippen LogP contribution is -2.67. The topological polar surface area (TPSA) is 15.7 Å². The van der Waals surface area contributed by atoms with E-state index in [2.05, 4.69) is 35.0 Å². The average molecular weight is 218 g/mol. The van der Waals surface area contributed by atoms with Crippen LogP contribution in [0.4, 0.5) is 5.69 Å². The second kappa shape index (κ2) is 3.67. The quantitative estimate of drug-likeness (QED) is 0.749. The van der Waals surface area contributed by atoms with Gasteiger partial charge in [-0.25, -0.2) is 0 Å². The summed E-state index contributed by atoms with van der Waals surface area (Å²) in [5.74, 6) is 0.949. The van der Waals surface area contributed by atoms with Gasteiger partial charge in [0.05, 0.1) is 7.11 Å². The van der Waals surface area contributed by atoms with Gasteiger partial charge < -0.3 is 9.64 Å². The van der Waals surface area contributed by atoms with Gasteiger partial charge in [0.15, 0.2) is 0 Å². The van der Waals surface area contributed by atoms with E-state index >= 15 is 0 Å². The second-order valence-corrected chi connectivity index (χ2v) is 4.82. The Bertz CT molecular complexity index is 381. The van der Waals surface area contributed by atoms with Gasteiger partial charge >= 0.3 is 0 Å². The fourth-order valence-corrected chi connectivity index (χ4v) is 2.81. The molecule has 4 rings (SSSR count). The molecule has 0 radical (unpaired) electrons. The Morgan fingerprint density at radius 2 is 2.00 bits per heavy atom. The monoisotopic (exact) mass is 218 g/mol. The molecule has 0 spiro atoms. The number of nitrogens with zero attached hydrogens (tertiary/aromatic N) is 2. The summed E-state index contributed by atoms with van der Waals surface area (Å²) in [6.45, 7) is 2.31. The minimum Gasteiger partial charge on any atom is -0.497 e. The fraction of sp³-hybridized carbons (Fsp3) is 0.538. The third-order valence-corrected chi connectivity index (χ3v) is 3.98. The third-order valence-electron chi connectivity index (χ3n) is 3.98. The molecule has 3 nitrogen and oxygen atoms in total. The first-order chi connectivity index (χ1) is 7.78. The summed E-state index contributed by atoms with van der Waals surface area (Å²) < 4.78 is 5.27. The zero-order valence-electron chi connectivity index (χ0n) is 9.89. The molecule has 16 heavy (non-hydrogen) atoms. The fourth-order valence-electron chi connectivity index (χ4n) is 2.81. The van der Waals surface area contributed by atoms with Crippen LogP contribution in [0.2, 0.25) is 0 Å². The highest BCUT2D eigenvalue weighted by Crippen LogP contribution is 2.33. The van der Waals surface area contributed by atoms with Crippen molar-refractivity contribution in [2.75, 3.05) is 32.1 Å². The summed E-state index contributed by atoms with van der Waals surface area (Å²) in [5, 5.41) is 0. The Hall–Kier alpha value is -1.22. The number of hydrogen-bond acceptors (Lipinski definition) is 3. The van der Waals surface area contributed by atoms with Crippen LogP contribution in [0.15, 0.2) is 24.3 Å². The van der Waals surface area contributed by atoms with Crippen LogP contribution >= 0.6 is 0 Å². The number of hydrogen-bond donors (Lipinski definition) is 0. The minimum absolute atomic E-state index is 0.755. The first-order valence-electron chi connectivity index (χ1n) is 5.89. The maximum atomic E-state index is 5.27. The molecule has 2 unspecified atom stereocenters. The van der Waals surface area contributed by atoms with Crippen LogP contribution in [0, 0.1) is 0 Å². The van der Waals surface area contributed by atoms with Gasteiger partial charge in [-0.15, -0.1) is 0 Å². The molecular weight excluding hydrogens is 200 g/mol. The van der Waals surface area contributed by atoms with Crippen molar-refractivity contribution in [3.8, 4) is 5.75 Å². The number of methoxy groups -OCH3 is 1. The summed E-state index contributed by atoms with van der Waals surface area (Å²) in [6.07, 6.45) is 1.37. The van der Waals surface area contributed by atoms with Crippen molar-refractivity contribution in [1.82, 2.24) is 4.90 Å². The number of likely N-dealkylation sites (N-methyl/N-ethyl adjacent to an activating group) is 1. The smallest absolute Gasteiger partial charge is 0.120 e. The number of piperidine rings is 1. The van der Waals surface area contributed by atoms with Gasteiger partial charge in [-0.1, -0.05) is 6.07 Å². The molecule has 3 saturated heterocycles. The van der Waals surface area contributed by atoms with Crippen molar-refractivity contribution in [3.05, 3.63) is 24.3 Å². The number of anilines is 1. The predicted molar refractivity (Wildman–Crippen MR) is 65.2 cm³/mol. The van der Waals surface area contributed by atoms with E-state index in [0.29, 0.717) is 0 Å². The Balaban J connectivity index is 1.78. The van der Waals surface area contributed by atoms with E-state index in [4.69, 9.17) is 4.74 Å². The van der Waals surface area contributed by atoms with Crippen molar-refractivity contribution in [3.63, 3.8) is 0 Å². The van der Waals surface area contributed by atoms with Gasteiger partial charge in [-0.05, 0) is 25.6 Å². The van der Waals surface area contributed by atoms with Crippen LogP contribution < -0.4 is 9.64 Å². The molecule has 2 bridgehead atoms. The van der Waals surface area contributed by atoms with Gasteiger partial charge in [0.25, 0.3) is 0 Å². The summed E-state index contributed by atoms with van der Waals surface area (Å²) in [4.78, 5) is 4.97. The van der Waals surface area contributed by atoms with Crippen molar-refractivity contribution in [2.45, 2.75) is 18.5 Å². The van der Waals surface area contributed by atoms with Crippen LogP contribution in [-0.4, -0.2) is 44.2 Å². The maximum absolute atomic E-state index is 5.27. The molecule has 2 atom stereocenters. The van der Waals surface area contributed by atoms with Crippen molar-refractivity contribution >= 4 is 5.69 Å². The molecule has 1 aromatic rings. The maximum Gasteiger partial charge on any atom is 0.120 e. The lowest BCUT2D eigenvalue weighted by atomic mass is 9.88. The van der Waals surface area contributed by atoms with Crippen molar-refractivity contribution in [2.24, 2.45) is 0 Å². The molecule has 86 valence electrons. The van der Waals surface area contributed by atoms with Crippen molar-refractivity contribution < 1.29 is 4.74 Å². The Kier molecular flexibility index (Phi) is 2.28. The van der Waals surface area contributed by atoms with Crippen LogP contribution in [0.25, 0.3) is 0 Å². The molecular formula is C13H18N2O. The van der Waals surface area contributed by atoms with Crippen molar-refractivity contribution in [1.29, 1.82) is 0 Å². The highest BCUT2D eigenvalue weighted by atomic mass is 16.5. The van der Waals surface area contributed by atoms with Crippen LogP contribution in [-0.2, 0) is 0 Å². The highest BCUT2D eigenvalue weighted by molar-refractivity contribution is 5.52. The first kappa shape index (κ1) is 9.97. The number of piperazine rings is 1. The molecule has 0 N–H and O–H groups in total. The van der Waals surface area contributed by atoms with Gasteiger partial charge in [0, 0.05) is 36.9 Å². The van der Waals surface area contributed by atoms with E-state index in [0.717, 1.165) is 30.9 Å². The zero-order chi connectivity index (χ0) is 11.1. The Morgan fingerprint density at radius 3 is 2.62 bits per heavy atom. The number of fused-ring (bicyclic) bond motifs is 2. The van der Waals surface area contributed by atoms with Gasteiger partial charge in [0.2, 0.25) is 0 Å². The lowest BCUT2D eigenvalue weighted by Gasteiger charge is -2.55. The lowest BCUT2D eigenvalue weighted by molar-refractivity contribution is 0.0264. The van der Waals surface area contributed by atoms with Gasteiger partial charge in [-0.3, -0.25) is 4.90 Å². The van der Waals surface area contributed by atoms with E-state index < -0.39 is 0 Å². The Morgan fingerprint density at radius 1 is 1.25 bits per heavy atom.